The van der Waals surface area contributed by atoms with Crippen LogP contribution < -0.4 is 15.0 Å². The van der Waals surface area contributed by atoms with Crippen molar-refractivity contribution in [1.29, 1.82) is 0 Å². The van der Waals surface area contributed by atoms with E-state index in [1.807, 2.05) is 0 Å². The summed E-state index contributed by atoms with van der Waals surface area (Å²) in [6, 6.07) is 8.50. The maximum atomic E-state index is 14.0. The molecule has 15 heteroatoms. The average Bonchev–Trinajstić information content (AvgIpc) is 3.45. The number of imidazole rings is 1. The number of anilines is 1. The smallest absolute Gasteiger partial charge is 0.380 e. The molecule has 5 rings (SSSR count). The summed E-state index contributed by atoms with van der Waals surface area (Å²) in [6.07, 6.45) is -1.61. The van der Waals surface area contributed by atoms with Gasteiger partial charge in [-0.1, -0.05) is 25.1 Å². The van der Waals surface area contributed by atoms with Gasteiger partial charge in [-0.2, -0.15) is 9.97 Å². The van der Waals surface area contributed by atoms with Crippen LogP contribution in [0.3, 0.4) is 0 Å². The van der Waals surface area contributed by atoms with E-state index in [1.54, 1.807) is 55.7 Å². The Morgan fingerprint density at radius 2 is 2.00 bits per heavy atom. The van der Waals surface area contributed by atoms with Crippen molar-refractivity contribution in [3.05, 3.63) is 36.7 Å². The van der Waals surface area contributed by atoms with E-state index in [0.29, 0.717) is 29.9 Å². The molecule has 3 N–H and O–H groups in total. The number of carbonyl (C=O) groups is 1. The van der Waals surface area contributed by atoms with Crippen molar-refractivity contribution in [2.24, 2.45) is 5.92 Å². The van der Waals surface area contributed by atoms with E-state index in [1.165, 1.54) is 13.4 Å². The van der Waals surface area contributed by atoms with Gasteiger partial charge < -0.3 is 34.3 Å². The highest BCUT2D eigenvalue weighted by Crippen LogP contribution is 2.53. The van der Waals surface area contributed by atoms with E-state index in [4.69, 9.17) is 33.7 Å². The Bertz CT molecular complexity index is 1430. The molecule has 0 amide bonds. The molecule has 14 nitrogen and oxygen atoms in total. The molecule has 0 aliphatic carbocycles. The van der Waals surface area contributed by atoms with Crippen molar-refractivity contribution < 1.29 is 42.5 Å². The maximum Gasteiger partial charge on any atom is 0.380 e. The number of ether oxygens (including phenoxy) is 4. The van der Waals surface area contributed by atoms with Crippen LogP contribution in [0.15, 0.2) is 36.7 Å². The molecule has 2 aliphatic heterocycles. The fraction of sp³-hybridized carbons (Fsp3) is 0.538. The number of methoxy groups -OCH3 is 1. The first-order chi connectivity index (χ1) is 19.5. The van der Waals surface area contributed by atoms with Crippen LogP contribution in [0.2, 0.25) is 0 Å². The first-order valence-corrected chi connectivity index (χ1v) is 15.0. The Morgan fingerprint density at radius 3 is 2.63 bits per heavy atom. The number of aromatic nitrogens is 4. The highest BCUT2D eigenvalue weighted by Gasteiger charge is 2.62. The number of hydrogen-bond acceptors (Lipinski definition) is 13. The second kappa shape index (κ2) is 11.5. The summed E-state index contributed by atoms with van der Waals surface area (Å²) >= 11 is 0. The number of aliphatic hydroxyl groups is 1. The first kappa shape index (κ1) is 29.2. The van der Waals surface area contributed by atoms with Gasteiger partial charge >= 0.3 is 13.6 Å². The molecule has 1 spiro atoms. The van der Waals surface area contributed by atoms with Crippen LogP contribution in [0, 0.1) is 5.92 Å². The van der Waals surface area contributed by atoms with Crippen molar-refractivity contribution in [3.8, 4) is 11.6 Å². The number of fused-ring (bicyclic) bond motifs is 1. The van der Waals surface area contributed by atoms with Crippen LogP contribution in [-0.2, 0) is 28.1 Å². The van der Waals surface area contributed by atoms with Crippen molar-refractivity contribution in [3.63, 3.8) is 0 Å². The number of benzene rings is 1. The summed E-state index contributed by atoms with van der Waals surface area (Å²) in [6.45, 7) is 5.15. The Labute approximate surface area is 236 Å². The fourth-order valence-corrected chi connectivity index (χ4v) is 6.81. The summed E-state index contributed by atoms with van der Waals surface area (Å²) in [5, 5.41) is 11.4. The molecule has 0 saturated carbocycles. The Hall–Kier alpha value is -3.29. The van der Waals surface area contributed by atoms with Crippen molar-refractivity contribution in [2.75, 3.05) is 32.2 Å². The quantitative estimate of drug-likeness (QED) is 0.246. The Morgan fingerprint density at radius 1 is 1.27 bits per heavy atom. The van der Waals surface area contributed by atoms with Gasteiger partial charge in [-0.3, -0.25) is 13.9 Å². The zero-order valence-corrected chi connectivity index (χ0v) is 24.1. The van der Waals surface area contributed by atoms with Gasteiger partial charge in [0.25, 0.3) is 0 Å². The largest absolute Gasteiger partial charge is 0.479 e. The van der Waals surface area contributed by atoms with Gasteiger partial charge in [-0.15, -0.1) is 0 Å². The van der Waals surface area contributed by atoms with E-state index < -0.39 is 43.5 Å². The molecule has 41 heavy (non-hydrogen) atoms. The zero-order chi connectivity index (χ0) is 29.4. The number of esters is 1. The third-order valence-corrected chi connectivity index (χ3v) is 8.99. The Balaban J connectivity index is 1.38. The van der Waals surface area contributed by atoms with E-state index >= 15 is 0 Å². The molecule has 222 valence electrons. The minimum absolute atomic E-state index is 0.0257. The van der Waals surface area contributed by atoms with Gasteiger partial charge in [0.2, 0.25) is 11.8 Å². The highest BCUT2D eigenvalue weighted by molar-refractivity contribution is 7.54. The van der Waals surface area contributed by atoms with Crippen LogP contribution in [0.5, 0.6) is 11.6 Å². The first-order valence-electron chi connectivity index (χ1n) is 13.3. The normalized spacial score (nSPS) is 26.0. The SMILES string of the molecule is COc1nc(N)nc2c1ncn2C1OC(COP(=O)(C[C@@H](C)C(=O)OC(C)C)Oc2ccccc2)[C@@H](O)[C@]12CCO2. The summed E-state index contributed by atoms with van der Waals surface area (Å²) in [5.74, 6) is -0.837. The molecule has 2 saturated heterocycles. The van der Waals surface area contributed by atoms with E-state index in [-0.39, 0.29) is 30.7 Å². The summed E-state index contributed by atoms with van der Waals surface area (Å²) in [7, 11) is -2.50. The molecule has 2 aliphatic rings. The zero-order valence-electron chi connectivity index (χ0n) is 23.2. The van der Waals surface area contributed by atoms with Crippen LogP contribution in [-0.4, -0.2) is 81.0 Å². The van der Waals surface area contributed by atoms with Crippen molar-refractivity contribution >= 4 is 30.7 Å². The van der Waals surface area contributed by atoms with Crippen LogP contribution in [0.1, 0.15) is 33.4 Å². The number of para-hydroxylation sites is 1. The number of hydrogen-bond donors (Lipinski definition) is 2. The number of nitrogen functional groups attached to an aromatic ring is 1. The topological polar surface area (TPSA) is 179 Å². The lowest BCUT2D eigenvalue weighted by atomic mass is 9.86. The summed E-state index contributed by atoms with van der Waals surface area (Å²) < 4.78 is 50.0. The van der Waals surface area contributed by atoms with E-state index in [9.17, 15) is 14.5 Å². The molecule has 2 aromatic heterocycles. The molecule has 0 bridgehead atoms. The molecule has 4 heterocycles. The number of nitrogens with zero attached hydrogens (tertiary/aromatic N) is 4. The molecule has 1 aromatic carbocycles. The molecule has 0 radical (unpaired) electrons. The van der Waals surface area contributed by atoms with Gasteiger partial charge in [0.15, 0.2) is 17.4 Å². The van der Waals surface area contributed by atoms with Crippen LogP contribution >= 0.6 is 7.60 Å². The maximum absolute atomic E-state index is 14.0. The second-order valence-corrected chi connectivity index (χ2v) is 12.3. The standard InChI is InChI=1S/C26H34N5O9P/c1-15(2)38-23(33)16(3)13-41(34,40-17-8-6-5-7-9-17)37-12-18-20(32)26(10-11-36-26)24(39-18)31-14-28-19-21(31)29-25(27)30-22(19)35-4/h5-9,14-16,18,20,24,32H,10-13H2,1-4H3,(H2,27,29,30)/t16-,18?,20-,24?,26-,41?/m1/s1. The lowest BCUT2D eigenvalue weighted by Crippen LogP contribution is -2.56. The van der Waals surface area contributed by atoms with E-state index in [0.717, 1.165) is 0 Å². The monoisotopic (exact) mass is 591 g/mol. The number of carbonyl (C=O) groups excluding carboxylic acids is 1. The molecule has 6 atom stereocenters. The molecular formula is C26H34N5O9P. The van der Waals surface area contributed by atoms with Crippen molar-refractivity contribution in [1.82, 2.24) is 19.5 Å². The lowest BCUT2D eigenvalue weighted by Gasteiger charge is -2.44. The summed E-state index contributed by atoms with van der Waals surface area (Å²) in [4.78, 5) is 25.2. The van der Waals surface area contributed by atoms with Crippen LogP contribution in [0.25, 0.3) is 11.2 Å². The van der Waals surface area contributed by atoms with Gasteiger partial charge in [-0.05, 0) is 26.0 Å². The summed E-state index contributed by atoms with van der Waals surface area (Å²) in [5.41, 5.74) is 5.44. The highest BCUT2D eigenvalue weighted by atomic mass is 31.2. The van der Waals surface area contributed by atoms with Crippen LogP contribution in [0.4, 0.5) is 5.95 Å². The second-order valence-electron chi connectivity index (χ2n) is 10.3. The minimum Gasteiger partial charge on any atom is -0.479 e. The number of nitrogens with two attached hydrogens (primary N) is 1. The molecule has 3 aromatic rings. The third kappa shape index (κ3) is 5.75. The average molecular weight is 592 g/mol. The predicted molar refractivity (Wildman–Crippen MR) is 145 cm³/mol. The Kier molecular flexibility index (Phi) is 8.22. The number of rotatable bonds is 11. The third-order valence-electron chi connectivity index (χ3n) is 6.97. The minimum atomic E-state index is -3.95. The molecular weight excluding hydrogens is 557 g/mol. The molecule has 2 fully saturated rings. The van der Waals surface area contributed by atoms with Crippen molar-refractivity contribution in [2.45, 2.75) is 57.3 Å². The van der Waals surface area contributed by atoms with Gasteiger partial charge in [-0.25, -0.2) is 9.55 Å². The predicted octanol–water partition coefficient (Wildman–Crippen LogP) is 2.71. The lowest BCUT2D eigenvalue weighted by molar-refractivity contribution is -0.225. The van der Waals surface area contributed by atoms with Gasteiger partial charge in [0, 0.05) is 6.42 Å². The van der Waals surface area contributed by atoms with Gasteiger partial charge in [0.05, 0.1) is 44.8 Å². The fourth-order valence-electron chi connectivity index (χ4n) is 4.94. The van der Waals surface area contributed by atoms with Gasteiger partial charge in [0.1, 0.15) is 23.6 Å². The number of aliphatic hydroxyl groups excluding tert-OH is 1. The molecule has 3 unspecified atom stereocenters. The van der Waals surface area contributed by atoms with E-state index in [2.05, 4.69) is 15.0 Å².